The monoisotopic (exact) mass is 351 g/mol. The smallest absolute Gasteiger partial charge is 0.214 e. The van der Waals surface area contributed by atoms with Crippen molar-refractivity contribution >= 4 is 21.4 Å². The molecular formula is C18H17N5OS. The molecule has 0 amide bonds. The Labute approximate surface area is 149 Å². The maximum atomic E-state index is 5.74. The number of ether oxygens (including phenoxy) is 1. The zero-order chi connectivity index (χ0) is 17.1. The van der Waals surface area contributed by atoms with Crippen LogP contribution in [0.5, 0.6) is 5.75 Å². The van der Waals surface area contributed by atoms with Crippen LogP contribution in [0.4, 0.5) is 5.13 Å². The molecular weight excluding hydrogens is 334 g/mol. The van der Waals surface area contributed by atoms with E-state index in [0.29, 0.717) is 6.61 Å². The highest BCUT2D eigenvalue weighted by Crippen LogP contribution is 2.25. The van der Waals surface area contributed by atoms with Crippen molar-refractivity contribution in [3.8, 4) is 17.0 Å². The molecule has 4 aromatic rings. The van der Waals surface area contributed by atoms with E-state index in [0.717, 1.165) is 33.6 Å². The van der Waals surface area contributed by atoms with Crippen LogP contribution < -0.4 is 9.64 Å². The number of pyridine rings is 1. The lowest BCUT2D eigenvalue weighted by atomic mass is 10.2. The van der Waals surface area contributed by atoms with E-state index in [1.807, 2.05) is 60.2 Å². The van der Waals surface area contributed by atoms with Crippen LogP contribution in [0, 0.1) is 0 Å². The molecule has 126 valence electrons. The van der Waals surface area contributed by atoms with Crippen molar-refractivity contribution < 1.29 is 4.74 Å². The number of anilines is 1. The molecule has 0 atom stereocenters. The predicted molar refractivity (Wildman–Crippen MR) is 99.3 cm³/mol. The van der Waals surface area contributed by atoms with E-state index >= 15 is 0 Å². The summed E-state index contributed by atoms with van der Waals surface area (Å²) in [7, 11) is 2.01. The first-order valence-electron chi connectivity index (χ1n) is 7.95. The van der Waals surface area contributed by atoms with Crippen LogP contribution >= 0.6 is 11.3 Å². The number of imidazole rings is 1. The summed E-state index contributed by atoms with van der Waals surface area (Å²) >= 11 is 1.56. The molecule has 0 spiro atoms. The third-order valence-electron chi connectivity index (χ3n) is 3.75. The van der Waals surface area contributed by atoms with Crippen LogP contribution in [0.15, 0.2) is 61.1 Å². The average Bonchev–Trinajstić information content (AvgIpc) is 3.22. The molecule has 0 fully saturated rings. The van der Waals surface area contributed by atoms with Crippen molar-refractivity contribution in [1.82, 2.24) is 19.6 Å². The van der Waals surface area contributed by atoms with E-state index in [9.17, 15) is 0 Å². The summed E-state index contributed by atoms with van der Waals surface area (Å²) in [6.07, 6.45) is 5.49. The Morgan fingerprint density at radius 1 is 1.16 bits per heavy atom. The molecule has 0 aliphatic heterocycles. The minimum atomic E-state index is 0.601. The van der Waals surface area contributed by atoms with Crippen LogP contribution in [-0.4, -0.2) is 39.8 Å². The SMILES string of the molecule is CN(CCOc1ccccc1)c1nn2cc(-c3cccnc3)nc2s1. The highest BCUT2D eigenvalue weighted by atomic mass is 32.1. The van der Waals surface area contributed by atoms with Gasteiger partial charge in [0.1, 0.15) is 12.4 Å². The van der Waals surface area contributed by atoms with Crippen LogP contribution in [-0.2, 0) is 0 Å². The summed E-state index contributed by atoms with van der Waals surface area (Å²) in [6, 6.07) is 13.7. The number of nitrogens with zero attached hydrogens (tertiary/aromatic N) is 5. The van der Waals surface area contributed by atoms with Gasteiger partial charge in [-0.15, -0.1) is 5.10 Å². The van der Waals surface area contributed by atoms with Gasteiger partial charge in [0, 0.05) is 25.0 Å². The lowest BCUT2D eigenvalue weighted by Crippen LogP contribution is -2.23. The van der Waals surface area contributed by atoms with E-state index in [1.165, 1.54) is 0 Å². The molecule has 7 heteroatoms. The molecule has 0 bridgehead atoms. The van der Waals surface area contributed by atoms with Crippen LogP contribution in [0.1, 0.15) is 0 Å². The largest absolute Gasteiger partial charge is 0.492 e. The Balaban J connectivity index is 1.42. The fourth-order valence-electron chi connectivity index (χ4n) is 2.41. The standard InChI is InChI=1S/C18H17N5OS/c1-22(10-11-24-15-7-3-2-4-8-15)18-21-23-13-16(20-17(23)25-18)14-6-5-9-19-12-14/h2-9,12-13H,10-11H2,1H3. The third-order valence-corrected chi connectivity index (χ3v) is 4.79. The Morgan fingerprint density at radius 3 is 2.80 bits per heavy atom. The number of aromatic nitrogens is 4. The summed E-state index contributed by atoms with van der Waals surface area (Å²) in [6.45, 7) is 1.35. The van der Waals surface area contributed by atoms with Crippen molar-refractivity contribution in [1.29, 1.82) is 0 Å². The highest BCUT2D eigenvalue weighted by Gasteiger charge is 2.12. The molecule has 6 nitrogen and oxygen atoms in total. The first-order valence-corrected chi connectivity index (χ1v) is 8.77. The average molecular weight is 351 g/mol. The van der Waals surface area contributed by atoms with Crippen LogP contribution in [0.25, 0.3) is 16.2 Å². The van der Waals surface area contributed by atoms with Gasteiger partial charge >= 0.3 is 0 Å². The van der Waals surface area contributed by atoms with Crippen molar-refractivity contribution in [2.75, 3.05) is 25.1 Å². The van der Waals surface area contributed by atoms with E-state index in [4.69, 9.17) is 4.74 Å². The Hall–Kier alpha value is -2.93. The summed E-state index contributed by atoms with van der Waals surface area (Å²) < 4.78 is 7.55. The normalized spacial score (nSPS) is 10.9. The maximum absolute atomic E-state index is 5.74. The second kappa shape index (κ2) is 6.90. The maximum Gasteiger partial charge on any atom is 0.214 e. The fourth-order valence-corrected chi connectivity index (χ4v) is 3.28. The number of rotatable bonds is 6. The molecule has 0 aliphatic rings. The van der Waals surface area contributed by atoms with Crippen molar-refractivity contribution in [2.24, 2.45) is 0 Å². The number of fused-ring (bicyclic) bond motifs is 1. The van der Waals surface area contributed by atoms with Gasteiger partial charge in [-0.3, -0.25) is 4.98 Å². The lowest BCUT2D eigenvalue weighted by Gasteiger charge is -2.15. The summed E-state index contributed by atoms with van der Waals surface area (Å²) in [5, 5.41) is 5.52. The topological polar surface area (TPSA) is 55.5 Å². The molecule has 0 N–H and O–H groups in total. The van der Waals surface area contributed by atoms with E-state index in [-0.39, 0.29) is 0 Å². The zero-order valence-electron chi connectivity index (χ0n) is 13.7. The predicted octanol–water partition coefficient (Wildman–Crippen LogP) is 3.37. The van der Waals surface area contributed by atoms with Gasteiger partial charge in [-0.1, -0.05) is 29.5 Å². The van der Waals surface area contributed by atoms with E-state index < -0.39 is 0 Å². The first kappa shape index (κ1) is 15.6. The van der Waals surface area contributed by atoms with Gasteiger partial charge in [0.25, 0.3) is 0 Å². The lowest BCUT2D eigenvalue weighted by molar-refractivity contribution is 0.326. The number of likely N-dealkylation sites (N-methyl/N-ethyl adjacent to an activating group) is 1. The number of para-hydroxylation sites is 1. The molecule has 4 rings (SSSR count). The molecule has 25 heavy (non-hydrogen) atoms. The fraction of sp³-hybridized carbons (Fsp3) is 0.167. The second-order valence-electron chi connectivity index (χ2n) is 5.56. The first-order chi connectivity index (χ1) is 12.3. The zero-order valence-corrected chi connectivity index (χ0v) is 14.6. The van der Waals surface area contributed by atoms with Gasteiger partial charge < -0.3 is 9.64 Å². The molecule has 1 aromatic carbocycles. The summed E-state index contributed by atoms with van der Waals surface area (Å²) in [4.78, 5) is 11.7. The summed E-state index contributed by atoms with van der Waals surface area (Å²) in [5.41, 5.74) is 1.87. The van der Waals surface area contributed by atoms with Gasteiger partial charge in [-0.2, -0.15) is 0 Å². The Bertz CT molecular complexity index is 920. The molecule has 0 saturated heterocycles. The van der Waals surface area contributed by atoms with Gasteiger partial charge in [0.15, 0.2) is 0 Å². The molecule has 0 radical (unpaired) electrons. The van der Waals surface area contributed by atoms with Gasteiger partial charge in [0.2, 0.25) is 10.1 Å². The van der Waals surface area contributed by atoms with Gasteiger partial charge in [0.05, 0.1) is 18.4 Å². The third kappa shape index (κ3) is 3.46. The van der Waals surface area contributed by atoms with Crippen molar-refractivity contribution in [3.05, 3.63) is 61.1 Å². The van der Waals surface area contributed by atoms with Crippen molar-refractivity contribution in [3.63, 3.8) is 0 Å². The quantitative estimate of drug-likeness (QED) is 0.533. The van der Waals surface area contributed by atoms with E-state index in [2.05, 4.69) is 20.0 Å². The summed E-state index contributed by atoms with van der Waals surface area (Å²) in [5.74, 6) is 0.881. The Morgan fingerprint density at radius 2 is 2.04 bits per heavy atom. The van der Waals surface area contributed by atoms with Crippen LogP contribution in [0.2, 0.25) is 0 Å². The minimum absolute atomic E-state index is 0.601. The van der Waals surface area contributed by atoms with E-state index in [1.54, 1.807) is 23.7 Å². The molecule has 0 aliphatic carbocycles. The number of benzene rings is 1. The molecule has 0 unspecified atom stereocenters. The second-order valence-corrected chi connectivity index (χ2v) is 6.50. The molecule has 3 heterocycles. The minimum Gasteiger partial charge on any atom is -0.492 e. The van der Waals surface area contributed by atoms with Crippen molar-refractivity contribution in [2.45, 2.75) is 0 Å². The Kier molecular flexibility index (Phi) is 4.30. The highest BCUT2D eigenvalue weighted by molar-refractivity contribution is 7.20. The number of hydrogen-bond donors (Lipinski definition) is 0. The molecule has 3 aromatic heterocycles. The van der Waals surface area contributed by atoms with Gasteiger partial charge in [-0.05, 0) is 24.3 Å². The number of hydrogen-bond acceptors (Lipinski definition) is 6. The molecule has 0 saturated carbocycles. The van der Waals surface area contributed by atoms with Gasteiger partial charge in [-0.25, -0.2) is 9.50 Å². The van der Waals surface area contributed by atoms with Crippen LogP contribution in [0.3, 0.4) is 0 Å².